The Morgan fingerprint density at radius 3 is 2.60 bits per heavy atom. The molecule has 2 N–H and O–H groups in total. The maximum Gasteiger partial charge on any atom is 0.551 e. The highest BCUT2D eigenvalue weighted by molar-refractivity contribution is 5.94. The van der Waals surface area contributed by atoms with Crippen molar-refractivity contribution in [3.8, 4) is 5.69 Å². The molecule has 0 aliphatic carbocycles. The van der Waals surface area contributed by atoms with Gasteiger partial charge in [-0.25, -0.2) is 23.1 Å². The summed E-state index contributed by atoms with van der Waals surface area (Å²) < 4.78 is 37.3. The Kier molecular flexibility index (Phi) is 8.53. The number of ether oxygens (including phenoxy) is 1. The van der Waals surface area contributed by atoms with Crippen LogP contribution in [-0.4, -0.2) is 89.7 Å². The van der Waals surface area contributed by atoms with Gasteiger partial charge in [0, 0.05) is 43.4 Å². The largest absolute Gasteiger partial charge is 0.551 e. The maximum atomic E-state index is 15.1. The van der Waals surface area contributed by atoms with Gasteiger partial charge in [-0.05, 0) is 57.5 Å². The summed E-state index contributed by atoms with van der Waals surface area (Å²) >= 11 is 0. The van der Waals surface area contributed by atoms with Gasteiger partial charge >= 0.3 is 18.5 Å². The molecule has 0 spiro atoms. The zero-order chi connectivity index (χ0) is 30.6. The molecule has 15 nitrogen and oxygen atoms in total. The molecular formula is C26H28F2N9O6+. The second-order valence-electron chi connectivity index (χ2n) is 9.69. The molecule has 1 saturated heterocycles. The van der Waals surface area contributed by atoms with E-state index in [1.165, 1.54) is 31.8 Å². The SMILES string of the molecule is C[C@@H](N1CCN(c2ccc(-n3cnnn3)cc2)C1=O)[C@](O)(C[n+]1cn(OC(=O)OCCCO)cn1)c1ccc(F)cc1F. The molecule has 0 saturated carbocycles. The summed E-state index contributed by atoms with van der Waals surface area (Å²) in [6.07, 6.45) is 2.93. The van der Waals surface area contributed by atoms with Crippen LogP contribution in [-0.2, 0) is 16.9 Å². The number of aliphatic hydroxyl groups excluding tert-OH is 1. The first kappa shape index (κ1) is 29.5. The van der Waals surface area contributed by atoms with E-state index in [2.05, 4.69) is 20.6 Å². The van der Waals surface area contributed by atoms with Crippen LogP contribution in [0.2, 0.25) is 0 Å². The van der Waals surface area contributed by atoms with Crippen molar-refractivity contribution in [2.75, 3.05) is 31.2 Å². The van der Waals surface area contributed by atoms with E-state index in [0.717, 1.165) is 23.2 Å². The maximum absolute atomic E-state index is 15.1. The third kappa shape index (κ3) is 6.26. The van der Waals surface area contributed by atoms with Crippen LogP contribution in [0.15, 0.2) is 61.4 Å². The number of carbonyl (C=O) groups excluding carboxylic acids is 2. The number of aliphatic hydroxyl groups is 2. The first-order valence-electron chi connectivity index (χ1n) is 13.2. The van der Waals surface area contributed by atoms with E-state index in [1.54, 1.807) is 31.2 Å². The van der Waals surface area contributed by atoms with Crippen LogP contribution in [0.5, 0.6) is 0 Å². The van der Waals surface area contributed by atoms with Crippen molar-refractivity contribution >= 4 is 17.9 Å². The Labute approximate surface area is 243 Å². The van der Waals surface area contributed by atoms with Gasteiger partial charge in [0.25, 0.3) is 6.33 Å². The smallest absolute Gasteiger partial charge is 0.431 e. The standard InChI is InChI=1S/C26H28F2N9O6/c1-18(35-9-10-36(24(35)39)20-4-6-21(7-5-20)37-15-29-31-32-37)26(41,22-8-3-19(27)13-23(22)28)14-33-17-34(16-30-33)43-25(40)42-12-2-11-38/h3-8,13,15-18,38,41H,2,9-12,14H2,1H3/q+1/t18-,26-/m1/s1. The number of aromatic nitrogens is 7. The number of urea groups is 1. The van der Waals surface area contributed by atoms with E-state index in [9.17, 15) is 19.1 Å². The number of amides is 2. The summed E-state index contributed by atoms with van der Waals surface area (Å²) in [5.74, 6) is -1.85. The molecule has 3 heterocycles. The van der Waals surface area contributed by atoms with Crippen molar-refractivity contribution in [3.63, 3.8) is 0 Å². The molecule has 0 radical (unpaired) electrons. The number of anilines is 1. The molecule has 0 bridgehead atoms. The number of rotatable bonds is 11. The highest BCUT2D eigenvalue weighted by Crippen LogP contribution is 2.34. The van der Waals surface area contributed by atoms with E-state index < -0.39 is 42.0 Å². The molecule has 0 unspecified atom stereocenters. The topological polar surface area (TPSA) is 165 Å². The van der Waals surface area contributed by atoms with Crippen LogP contribution in [0, 0.1) is 11.6 Å². The molecule has 2 amide bonds. The third-order valence-electron chi connectivity index (χ3n) is 7.04. The molecule has 1 aliphatic heterocycles. The molecule has 2 aromatic heterocycles. The summed E-state index contributed by atoms with van der Waals surface area (Å²) in [6, 6.07) is 8.24. The van der Waals surface area contributed by atoms with Gasteiger partial charge in [-0.2, -0.15) is 4.79 Å². The highest BCUT2D eigenvalue weighted by atomic mass is 19.1. The molecular weight excluding hydrogens is 572 g/mol. The Morgan fingerprint density at radius 1 is 1.14 bits per heavy atom. The van der Waals surface area contributed by atoms with Gasteiger partial charge < -0.3 is 19.8 Å². The number of hydrogen-bond acceptors (Lipinski definition) is 10. The summed E-state index contributed by atoms with van der Waals surface area (Å²) in [5, 5.41) is 36.0. The van der Waals surface area contributed by atoms with Crippen molar-refractivity contribution in [2.24, 2.45) is 0 Å². The van der Waals surface area contributed by atoms with E-state index in [4.69, 9.17) is 14.7 Å². The molecule has 1 aliphatic rings. The number of halogens is 2. The predicted octanol–water partition coefficient (Wildman–Crippen LogP) is 0.591. The number of nitrogens with zero attached hydrogens (tertiary/aromatic N) is 9. The normalized spacial score (nSPS) is 15.4. The van der Waals surface area contributed by atoms with Crippen LogP contribution in [0.25, 0.3) is 5.69 Å². The van der Waals surface area contributed by atoms with Gasteiger partial charge in [-0.1, -0.05) is 6.07 Å². The van der Waals surface area contributed by atoms with Crippen molar-refractivity contribution in [3.05, 3.63) is 78.6 Å². The Bertz CT molecular complexity index is 1570. The van der Waals surface area contributed by atoms with Crippen LogP contribution in [0.3, 0.4) is 0 Å². The van der Waals surface area contributed by atoms with Crippen LogP contribution in [0.1, 0.15) is 18.9 Å². The van der Waals surface area contributed by atoms with E-state index in [1.807, 2.05) is 0 Å². The zero-order valence-electron chi connectivity index (χ0n) is 22.9. The summed E-state index contributed by atoms with van der Waals surface area (Å²) in [7, 11) is 0. The van der Waals surface area contributed by atoms with Crippen molar-refractivity contribution in [1.82, 2.24) is 34.9 Å². The average molecular weight is 601 g/mol. The molecule has 1 fully saturated rings. The summed E-state index contributed by atoms with van der Waals surface area (Å²) in [4.78, 5) is 33.3. The predicted molar refractivity (Wildman–Crippen MR) is 140 cm³/mol. The van der Waals surface area contributed by atoms with Gasteiger partial charge in [0.05, 0.1) is 18.3 Å². The Morgan fingerprint density at radius 2 is 1.91 bits per heavy atom. The average Bonchev–Trinajstić information content (AvgIpc) is 3.75. The summed E-state index contributed by atoms with van der Waals surface area (Å²) in [6.45, 7) is 1.40. The lowest BCUT2D eigenvalue weighted by atomic mass is 9.85. The van der Waals surface area contributed by atoms with Gasteiger partial charge in [-0.15, -0.1) is 9.78 Å². The lowest BCUT2D eigenvalue weighted by molar-refractivity contribution is -0.766. The lowest BCUT2D eigenvalue weighted by Crippen LogP contribution is -2.58. The number of benzene rings is 2. The number of hydrogen-bond donors (Lipinski definition) is 2. The first-order valence-corrected chi connectivity index (χ1v) is 13.2. The number of tetrazole rings is 1. The van der Waals surface area contributed by atoms with Gasteiger partial charge in [0.2, 0.25) is 0 Å². The van der Waals surface area contributed by atoms with Crippen LogP contribution >= 0.6 is 0 Å². The Hall–Kier alpha value is -5.03. The molecule has 4 aromatic rings. The van der Waals surface area contributed by atoms with E-state index >= 15 is 4.39 Å². The van der Waals surface area contributed by atoms with Crippen molar-refractivity contribution in [2.45, 2.75) is 31.5 Å². The van der Waals surface area contributed by atoms with E-state index in [0.29, 0.717) is 17.4 Å². The van der Waals surface area contributed by atoms with Crippen LogP contribution in [0.4, 0.5) is 24.1 Å². The fourth-order valence-corrected chi connectivity index (χ4v) is 4.77. The van der Waals surface area contributed by atoms with Gasteiger partial charge in [0.1, 0.15) is 24.5 Å². The first-order chi connectivity index (χ1) is 20.7. The van der Waals surface area contributed by atoms with Crippen molar-refractivity contribution < 1.29 is 42.8 Å². The highest BCUT2D eigenvalue weighted by Gasteiger charge is 2.48. The molecule has 5 rings (SSSR count). The second-order valence-corrected chi connectivity index (χ2v) is 9.69. The monoisotopic (exact) mass is 600 g/mol. The molecule has 2 aromatic carbocycles. The molecule has 43 heavy (non-hydrogen) atoms. The lowest BCUT2D eigenvalue weighted by Gasteiger charge is -2.38. The van der Waals surface area contributed by atoms with Crippen molar-refractivity contribution in [1.29, 1.82) is 0 Å². The quantitative estimate of drug-likeness (QED) is 0.141. The van der Waals surface area contributed by atoms with E-state index in [-0.39, 0.29) is 38.3 Å². The molecule has 226 valence electrons. The van der Waals surface area contributed by atoms with Gasteiger partial charge in [0.15, 0.2) is 5.60 Å². The summed E-state index contributed by atoms with van der Waals surface area (Å²) in [5.41, 5.74) is -1.10. The minimum atomic E-state index is -2.11. The molecule has 2 atom stereocenters. The Balaban J connectivity index is 1.37. The van der Waals surface area contributed by atoms with Gasteiger partial charge in [-0.3, -0.25) is 4.90 Å². The minimum Gasteiger partial charge on any atom is -0.431 e. The third-order valence-corrected chi connectivity index (χ3v) is 7.04. The van der Waals surface area contributed by atoms with Crippen LogP contribution < -0.4 is 14.4 Å². The second kappa shape index (κ2) is 12.5. The molecule has 17 heteroatoms. The zero-order valence-corrected chi connectivity index (χ0v) is 22.9. The number of carbonyl (C=O) groups is 2. The fourth-order valence-electron chi connectivity index (χ4n) is 4.77. The fraction of sp³-hybridized carbons (Fsp3) is 0.346. The minimum absolute atomic E-state index is 0.0601.